The van der Waals surface area contributed by atoms with E-state index < -0.39 is 24.1 Å². The average Bonchev–Trinajstić information content (AvgIpc) is 2.15. The van der Waals surface area contributed by atoms with Crippen molar-refractivity contribution in [3.63, 3.8) is 0 Å². The Morgan fingerprint density at radius 3 is 2.47 bits per heavy atom. The summed E-state index contributed by atoms with van der Waals surface area (Å²) in [6.45, 7) is 0. The van der Waals surface area contributed by atoms with Crippen LogP contribution >= 0.6 is 11.8 Å². The van der Waals surface area contributed by atoms with Crippen LogP contribution in [0.3, 0.4) is 0 Å². The fraction of sp³-hybridized carbons (Fsp3) is 0.429. The molecule has 0 spiro atoms. The molecule has 0 aliphatic carbocycles. The number of halogens is 3. The van der Waals surface area contributed by atoms with Gasteiger partial charge in [0.05, 0.1) is 7.11 Å². The average molecular weight is 244 g/mol. The summed E-state index contributed by atoms with van der Waals surface area (Å²) < 4.78 is 42.7. The van der Waals surface area contributed by atoms with E-state index in [1.54, 1.807) is 0 Å². The Hall–Kier alpha value is -1.18. The lowest BCUT2D eigenvalue weighted by atomic mass is 10.7. The van der Waals surface area contributed by atoms with Gasteiger partial charge in [-0.2, -0.15) is 13.2 Å². The van der Waals surface area contributed by atoms with Crippen molar-refractivity contribution in [2.24, 2.45) is 0 Å². The van der Waals surface area contributed by atoms with Gasteiger partial charge in [-0.25, -0.2) is 9.59 Å². The number of thioether (sulfide) groups is 1. The van der Waals surface area contributed by atoms with Crippen molar-refractivity contribution in [2.75, 3.05) is 13.0 Å². The number of rotatable bonds is 4. The minimum absolute atomic E-state index is 0.522. The van der Waals surface area contributed by atoms with E-state index in [2.05, 4.69) is 9.47 Å². The quantitative estimate of drug-likeness (QED) is 0.324. The number of esters is 2. The van der Waals surface area contributed by atoms with Gasteiger partial charge in [0.2, 0.25) is 0 Å². The molecule has 0 aliphatic rings. The van der Waals surface area contributed by atoms with Gasteiger partial charge in [-0.1, -0.05) is 11.8 Å². The van der Waals surface area contributed by atoms with Crippen LogP contribution in [0.1, 0.15) is 0 Å². The van der Waals surface area contributed by atoms with E-state index in [0.29, 0.717) is 11.8 Å². The van der Waals surface area contributed by atoms with Gasteiger partial charge in [-0.05, 0) is 5.41 Å². The van der Waals surface area contributed by atoms with Crippen molar-refractivity contribution in [1.29, 1.82) is 0 Å². The summed E-state index contributed by atoms with van der Waals surface area (Å²) >= 11 is 0.717. The Bertz CT molecular complexity index is 261. The molecular weight excluding hydrogens is 237 g/mol. The SMILES string of the molecule is COC(=O)/C=C/SCOC(=O)C(F)(F)F. The maximum atomic E-state index is 11.6. The summed E-state index contributed by atoms with van der Waals surface area (Å²) in [7, 11) is 1.15. The van der Waals surface area contributed by atoms with Crippen LogP contribution in [0.2, 0.25) is 0 Å². The fourth-order valence-corrected chi connectivity index (χ4v) is 0.841. The largest absolute Gasteiger partial charge is 0.490 e. The first kappa shape index (κ1) is 13.8. The third kappa shape index (κ3) is 6.83. The van der Waals surface area contributed by atoms with E-state index in [0.717, 1.165) is 18.6 Å². The first-order valence-electron chi connectivity index (χ1n) is 3.48. The minimum atomic E-state index is -4.99. The van der Waals surface area contributed by atoms with Crippen LogP contribution in [-0.2, 0) is 19.1 Å². The van der Waals surface area contributed by atoms with Crippen LogP contribution in [0, 0.1) is 0 Å². The summed E-state index contributed by atoms with van der Waals surface area (Å²) in [4.78, 5) is 20.6. The molecule has 0 fully saturated rings. The molecule has 0 heterocycles. The molecule has 0 N–H and O–H groups in total. The van der Waals surface area contributed by atoms with Gasteiger partial charge in [0.1, 0.15) is 5.94 Å². The highest BCUT2D eigenvalue weighted by Gasteiger charge is 2.40. The Kier molecular flexibility index (Phi) is 5.83. The molecule has 0 radical (unpaired) electrons. The van der Waals surface area contributed by atoms with Crippen LogP contribution in [0.15, 0.2) is 11.5 Å². The zero-order valence-electron chi connectivity index (χ0n) is 7.54. The molecule has 0 atom stereocenters. The first-order valence-corrected chi connectivity index (χ1v) is 4.53. The molecule has 0 rings (SSSR count). The number of carbonyl (C=O) groups excluding carboxylic acids is 2. The zero-order chi connectivity index (χ0) is 11.9. The van der Waals surface area contributed by atoms with E-state index in [9.17, 15) is 22.8 Å². The Balaban J connectivity index is 3.69. The summed E-state index contributed by atoms with van der Waals surface area (Å²) in [5, 5.41) is 1.16. The van der Waals surface area contributed by atoms with E-state index in [-0.39, 0.29) is 0 Å². The summed E-state index contributed by atoms with van der Waals surface area (Å²) in [6.07, 6.45) is -4.00. The molecule has 86 valence electrons. The molecule has 0 aromatic carbocycles. The Labute approximate surface area is 87.4 Å². The highest BCUT2D eigenvalue weighted by atomic mass is 32.2. The zero-order valence-corrected chi connectivity index (χ0v) is 8.35. The van der Waals surface area contributed by atoms with Gasteiger partial charge < -0.3 is 9.47 Å². The Morgan fingerprint density at radius 1 is 1.40 bits per heavy atom. The number of alkyl halides is 3. The molecule has 0 aromatic rings. The van der Waals surface area contributed by atoms with Gasteiger partial charge in [-0.3, -0.25) is 0 Å². The predicted molar refractivity (Wildman–Crippen MR) is 45.8 cm³/mol. The maximum Gasteiger partial charge on any atom is 0.490 e. The molecule has 0 saturated heterocycles. The minimum Gasteiger partial charge on any atom is -0.466 e. The highest BCUT2D eigenvalue weighted by Crippen LogP contribution is 2.17. The molecule has 0 bridgehead atoms. The topological polar surface area (TPSA) is 52.6 Å². The number of methoxy groups -OCH3 is 1. The third-order valence-electron chi connectivity index (χ3n) is 0.991. The maximum absolute atomic E-state index is 11.6. The van der Waals surface area contributed by atoms with Crippen molar-refractivity contribution >= 4 is 23.7 Å². The van der Waals surface area contributed by atoms with Gasteiger partial charge in [0.15, 0.2) is 0 Å². The van der Waals surface area contributed by atoms with E-state index in [1.165, 1.54) is 0 Å². The van der Waals surface area contributed by atoms with Crippen LogP contribution in [-0.4, -0.2) is 31.2 Å². The summed E-state index contributed by atoms with van der Waals surface area (Å²) in [6, 6.07) is 0. The second kappa shape index (κ2) is 6.33. The summed E-state index contributed by atoms with van der Waals surface area (Å²) in [5.41, 5.74) is 0. The number of ether oxygens (including phenoxy) is 2. The van der Waals surface area contributed by atoms with Crippen LogP contribution in [0.25, 0.3) is 0 Å². The Morgan fingerprint density at radius 2 is 2.00 bits per heavy atom. The van der Waals surface area contributed by atoms with Gasteiger partial charge in [0, 0.05) is 6.08 Å². The lowest BCUT2D eigenvalue weighted by Crippen LogP contribution is -2.25. The number of hydrogen-bond donors (Lipinski definition) is 0. The number of hydrogen-bond acceptors (Lipinski definition) is 5. The second-order valence-electron chi connectivity index (χ2n) is 2.04. The van der Waals surface area contributed by atoms with Crippen molar-refractivity contribution in [3.8, 4) is 0 Å². The second-order valence-corrected chi connectivity index (χ2v) is 2.88. The molecule has 4 nitrogen and oxygen atoms in total. The molecule has 0 amide bonds. The van der Waals surface area contributed by atoms with E-state index in [1.807, 2.05) is 0 Å². The van der Waals surface area contributed by atoms with Crippen molar-refractivity contribution < 1.29 is 32.2 Å². The lowest BCUT2D eigenvalue weighted by Gasteiger charge is -2.04. The molecule has 8 heteroatoms. The fourth-order valence-electron chi connectivity index (χ4n) is 0.380. The summed E-state index contributed by atoms with van der Waals surface area (Å²) in [5.74, 6) is -3.43. The van der Waals surface area contributed by atoms with E-state index >= 15 is 0 Å². The van der Waals surface area contributed by atoms with Crippen molar-refractivity contribution in [2.45, 2.75) is 6.18 Å². The molecule has 0 aromatic heterocycles. The van der Waals surface area contributed by atoms with Gasteiger partial charge >= 0.3 is 18.1 Å². The molecule has 0 unspecified atom stereocenters. The van der Waals surface area contributed by atoms with Crippen molar-refractivity contribution in [3.05, 3.63) is 11.5 Å². The molecule has 15 heavy (non-hydrogen) atoms. The molecule has 0 aliphatic heterocycles. The standard InChI is InChI=1S/C7H7F3O4S/c1-13-5(11)2-3-15-4-14-6(12)7(8,9)10/h2-3H,4H2,1H3/b3-2+. The van der Waals surface area contributed by atoms with E-state index in [4.69, 9.17) is 0 Å². The molecular formula is C7H7F3O4S. The number of carbonyl (C=O) groups is 2. The lowest BCUT2D eigenvalue weighted by molar-refractivity contribution is -0.197. The van der Waals surface area contributed by atoms with Gasteiger partial charge in [-0.15, -0.1) is 0 Å². The third-order valence-corrected chi connectivity index (χ3v) is 1.57. The molecule has 0 saturated carbocycles. The van der Waals surface area contributed by atoms with Gasteiger partial charge in [0.25, 0.3) is 0 Å². The van der Waals surface area contributed by atoms with Crippen LogP contribution in [0.4, 0.5) is 13.2 Å². The van der Waals surface area contributed by atoms with Crippen molar-refractivity contribution in [1.82, 2.24) is 0 Å². The normalized spacial score (nSPS) is 11.5. The monoisotopic (exact) mass is 244 g/mol. The first-order chi connectivity index (χ1) is 6.88. The highest BCUT2D eigenvalue weighted by molar-refractivity contribution is 8.02. The van der Waals surface area contributed by atoms with Crippen LogP contribution < -0.4 is 0 Å². The smallest absolute Gasteiger partial charge is 0.466 e. The van der Waals surface area contributed by atoms with Crippen LogP contribution in [0.5, 0.6) is 0 Å². The predicted octanol–water partition coefficient (Wildman–Crippen LogP) is 1.47.